The van der Waals surface area contributed by atoms with Crippen molar-refractivity contribution in [3.63, 3.8) is 0 Å². The summed E-state index contributed by atoms with van der Waals surface area (Å²) in [6.45, 7) is 11.4. The molecule has 0 aliphatic carbocycles. The molecule has 7 heteroatoms. The summed E-state index contributed by atoms with van der Waals surface area (Å²) in [7, 11) is 0. The molecule has 1 amide bonds. The second kappa shape index (κ2) is 8.86. The van der Waals surface area contributed by atoms with Crippen molar-refractivity contribution in [3.8, 4) is 0 Å². The first kappa shape index (κ1) is 20.7. The summed E-state index contributed by atoms with van der Waals surface area (Å²) >= 11 is 3.54. The summed E-state index contributed by atoms with van der Waals surface area (Å²) in [5, 5.41) is 0. The van der Waals surface area contributed by atoms with Crippen LogP contribution in [0.2, 0.25) is 0 Å². The van der Waals surface area contributed by atoms with E-state index in [1.165, 1.54) is 0 Å². The highest BCUT2D eigenvalue weighted by Crippen LogP contribution is 2.22. The van der Waals surface area contributed by atoms with Gasteiger partial charge in [-0.1, -0.05) is 22.0 Å². The van der Waals surface area contributed by atoms with Crippen molar-refractivity contribution in [1.29, 1.82) is 0 Å². The lowest BCUT2D eigenvalue weighted by molar-refractivity contribution is 0.0138. The van der Waals surface area contributed by atoms with E-state index in [4.69, 9.17) is 9.47 Å². The Labute approximate surface area is 163 Å². The monoisotopic (exact) mass is 426 g/mol. The molecule has 0 aromatic heterocycles. The van der Waals surface area contributed by atoms with Crippen LogP contribution in [0.15, 0.2) is 22.7 Å². The number of rotatable bonds is 4. The zero-order valence-electron chi connectivity index (χ0n) is 15.9. The molecule has 1 heterocycles. The Morgan fingerprint density at radius 3 is 2.35 bits per heavy atom. The Hall–Kier alpha value is -1.60. The van der Waals surface area contributed by atoms with Crippen molar-refractivity contribution in [1.82, 2.24) is 9.80 Å². The normalized spacial score (nSPS) is 15.7. The summed E-state index contributed by atoms with van der Waals surface area (Å²) in [6.07, 6.45) is -0.253. The molecule has 0 bridgehead atoms. The molecule has 1 aliphatic rings. The summed E-state index contributed by atoms with van der Waals surface area (Å²) in [4.78, 5) is 27.9. The number of ether oxygens (including phenoxy) is 2. The Kier molecular flexibility index (Phi) is 7.06. The predicted octanol–water partition coefficient (Wildman–Crippen LogP) is 3.68. The van der Waals surface area contributed by atoms with Gasteiger partial charge in [-0.25, -0.2) is 9.59 Å². The fourth-order valence-electron chi connectivity index (χ4n) is 2.67. The van der Waals surface area contributed by atoms with E-state index in [1.807, 2.05) is 26.8 Å². The van der Waals surface area contributed by atoms with E-state index in [-0.39, 0.29) is 12.1 Å². The van der Waals surface area contributed by atoms with Gasteiger partial charge in [0.2, 0.25) is 0 Å². The number of esters is 1. The maximum atomic E-state index is 12.1. The van der Waals surface area contributed by atoms with Crippen LogP contribution in [-0.4, -0.2) is 60.2 Å². The molecule has 6 nitrogen and oxygen atoms in total. The number of halogens is 1. The molecular formula is C19H27BrN2O4. The standard InChI is InChI=1S/C19H27BrN2O4/c1-5-25-17(23)14-6-7-15(16(20)12-14)13-21-8-10-22(11-9-21)18(24)26-19(2,3)4/h6-7,12H,5,8-11,13H2,1-4H3. The van der Waals surface area contributed by atoms with Crippen molar-refractivity contribution in [2.75, 3.05) is 32.8 Å². The van der Waals surface area contributed by atoms with E-state index in [1.54, 1.807) is 24.0 Å². The highest BCUT2D eigenvalue weighted by molar-refractivity contribution is 9.10. The molecule has 1 fully saturated rings. The van der Waals surface area contributed by atoms with Crippen molar-refractivity contribution in [2.45, 2.75) is 39.8 Å². The van der Waals surface area contributed by atoms with Crippen molar-refractivity contribution < 1.29 is 19.1 Å². The molecule has 0 atom stereocenters. The maximum absolute atomic E-state index is 12.1. The molecule has 0 spiro atoms. The average molecular weight is 427 g/mol. The molecule has 1 saturated heterocycles. The maximum Gasteiger partial charge on any atom is 0.410 e. The van der Waals surface area contributed by atoms with Gasteiger partial charge in [0.15, 0.2) is 0 Å². The number of piperazine rings is 1. The van der Waals surface area contributed by atoms with E-state index in [9.17, 15) is 9.59 Å². The first-order valence-electron chi connectivity index (χ1n) is 8.85. The van der Waals surface area contributed by atoms with Crippen molar-refractivity contribution >= 4 is 28.0 Å². The van der Waals surface area contributed by atoms with Crippen LogP contribution in [0.25, 0.3) is 0 Å². The van der Waals surface area contributed by atoms with Gasteiger partial charge in [-0.05, 0) is 45.4 Å². The molecule has 0 N–H and O–H groups in total. The third-order valence-corrected chi connectivity index (χ3v) is 4.72. The lowest BCUT2D eigenvalue weighted by Crippen LogP contribution is -2.49. The van der Waals surface area contributed by atoms with Crippen LogP contribution >= 0.6 is 15.9 Å². The zero-order chi connectivity index (χ0) is 19.3. The molecule has 1 aliphatic heterocycles. The molecule has 0 saturated carbocycles. The Morgan fingerprint density at radius 1 is 1.15 bits per heavy atom. The third-order valence-electron chi connectivity index (χ3n) is 3.98. The zero-order valence-corrected chi connectivity index (χ0v) is 17.5. The molecule has 26 heavy (non-hydrogen) atoms. The van der Waals surface area contributed by atoms with Crippen LogP contribution in [0, 0.1) is 0 Å². The first-order chi connectivity index (χ1) is 12.2. The van der Waals surface area contributed by atoms with Crippen LogP contribution in [0.1, 0.15) is 43.6 Å². The minimum Gasteiger partial charge on any atom is -0.462 e. The van der Waals surface area contributed by atoms with Gasteiger partial charge in [0.25, 0.3) is 0 Å². The van der Waals surface area contributed by atoms with E-state index < -0.39 is 5.60 Å². The lowest BCUT2D eigenvalue weighted by Gasteiger charge is -2.35. The van der Waals surface area contributed by atoms with E-state index in [0.29, 0.717) is 25.3 Å². The van der Waals surface area contributed by atoms with Crippen LogP contribution in [0.3, 0.4) is 0 Å². The van der Waals surface area contributed by atoms with E-state index >= 15 is 0 Å². The van der Waals surface area contributed by atoms with Gasteiger partial charge in [-0.15, -0.1) is 0 Å². The van der Waals surface area contributed by atoms with Crippen molar-refractivity contribution in [2.24, 2.45) is 0 Å². The lowest BCUT2D eigenvalue weighted by atomic mass is 10.1. The fraction of sp³-hybridized carbons (Fsp3) is 0.579. The second-order valence-corrected chi connectivity index (χ2v) is 8.12. The summed E-state index contributed by atoms with van der Waals surface area (Å²) in [5.74, 6) is -0.314. The number of benzene rings is 1. The number of carbonyl (C=O) groups is 2. The van der Waals surface area contributed by atoms with Gasteiger partial charge in [0.1, 0.15) is 5.60 Å². The summed E-state index contributed by atoms with van der Waals surface area (Å²) in [5.41, 5.74) is 1.17. The van der Waals surface area contributed by atoms with E-state index in [2.05, 4.69) is 20.8 Å². The Balaban J connectivity index is 1.89. The van der Waals surface area contributed by atoms with Crippen molar-refractivity contribution in [3.05, 3.63) is 33.8 Å². The van der Waals surface area contributed by atoms with Crippen LogP contribution < -0.4 is 0 Å². The Bertz CT molecular complexity index is 649. The smallest absolute Gasteiger partial charge is 0.410 e. The fourth-order valence-corrected chi connectivity index (χ4v) is 3.18. The molecule has 1 aromatic rings. The molecule has 1 aromatic carbocycles. The predicted molar refractivity (Wildman–Crippen MR) is 103 cm³/mol. The number of nitrogens with zero attached hydrogens (tertiary/aromatic N) is 2. The number of hydrogen-bond donors (Lipinski definition) is 0. The van der Waals surface area contributed by atoms with Gasteiger partial charge in [0, 0.05) is 37.2 Å². The van der Waals surface area contributed by atoms with Gasteiger partial charge in [-0.3, -0.25) is 4.90 Å². The summed E-state index contributed by atoms with van der Waals surface area (Å²) < 4.78 is 11.3. The second-order valence-electron chi connectivity index (χ2n) is 7.27. The molecule has 144 valence electrons. The minimum absolute atomic E-state index is 0.253. The minimum atomic E-state index is -0.472. The van der Waals surface area contributed by atoms with Crippen LogP contribution in [0.5, 0.6) is 0 Å². The topological polar surface area (TPSA) is 59.1 Å². The molecule has 0 unspecified atom stereocenters. The third kappa shape index (κ3) is 5.99. The van der Waals surface area contributed by atoms with Crippen LogP contribution in [-0.2, 0) is 16.0 Å². The highest BCUT2D eigenvalue weighted by atomic mass is 79.9. The highest BCUT2D eigenvalue weighted by Gasteiger charge is 2.26. The Morgan fingerprint density at radius 2 is 1.81 bits per heavy atom. The average Bonchev–Trinajstić information content (AvgIpc) is 2.56. The molecule has 0 radical (unpaired) electrons. The van der Waals surface area contributed by atoms with Crippen LogP contribution in [0.4, 0.5) is 4.79 Å². The number of carbonyl (C=O) groups excluding carboxylic acids is 2. The first-order valence-corrected chi connectivity index (χ1v) is 9.64. The van der Waals surface area contributed by atoms with E-state index in [0.717, 1.165) is 29.7 Å². The van der Waals surface area contributed by atoms with Gasteiger partial charge < -0.3 is 14.4 Å². The SMILES string of the molecule is CCOC(=O)c1ccc(CN2CCN(C(=O)OC(C)(C)C)CC2)c(Br)c1. The largest absolute Gasteiger partial charge is 0.462 e. The molecule has 2 rings (SSSR count). The molecular weight excluding hydrogens is 400 g/mol. The quantitative estimate of drug-likeness (QED) is 0.687. The number of hydrogen-bond acceptors (Lipinski definition) is 5. The van der Waals surface area contributed by atoms with Gasteiger partial charge in [0.05, 0.1) is 12.2 Å². The number of amides is 1. The summed E-state index contributed by atoms with van der Waals surface area (Å²) in [6, 6.07) is 5.52. The van der Waals surface area contributed by atoms with Gasteiger partial charge in [-0.2, -0.15) is 0 Å². The van der Waals surface area contributed by atoms with Gasteiger partial charge >= 0.3 is 12.1 Å².